The molecule has 7 heteroatoms. The Morgan fingerprint density at radius 3 is 2.40 bits per heavy atom. The number of phenols is 1. The third-order valence-corrected chi connectivity index (χ3v) is 6.26. The summed E-state index contributed by atoms with van der Waals surface area (Å²) in [5.41, 5.74) is 6.95. The van der Waals surface area contributed by atoms with Crippen LogP contribution in [0.3, 0.4) is 0 Å². The van der Waals surface area contributed by atoms with Crippen LogP contribution in [-0.2, 0) is 4.79 Å². The molecule has 2 aliphatic rings. The number of likely N-dealkylation sites (tertiary alicyclic amines) is 1. The Morgan fingerprint density at radius 2 is 1.80 bits per heavy atom. The summed E-state index contributed by atoms with van der Waals surface area (Å²) in [7, 11) is 0. The molecule has 3 rings (SSSR count). The third kappa shape index (κ3) is 4.05. The zero-order valence-electron chi connectivity index (χ0n) is 14.0. The van der Waals surface area contributed by atoms with Crippen molar-refractivity contribution >= 4 is 29.1 Å². The molecule has 1 saturated heterocycles. The molecule has 0 radical (unpaired) electrons. The molecule has 138 valence electrons. The molecule has 3 atom stereocenters. The Labute approximate surface area is 157 Å². The average Bonchev–Trinajstić information content (AvgIpc) is 3.03. The molecule has 1 aliphatic carbocycles. The zero-order chi connectivity index (χ0) is 18.1. The number of aliphatic hydroxyl groups excluding tert-OH is 1. The average molecular weight is 387 g/mol. The van der Waals surface area contributed by atoms with Crippen LogP contribution in [0.4, 0.5) is 0 Å². The fourth-order valence-corrected chi connectivity index (χ4v) is 4.32. The van der Waals surface area contributed by atoms with Crippen molar-refractivity contribution in [2.24, 2.45) is 17.6 Å². The van der Waals surface area contributed by atoms with Crippen LogP contribution in [0.15, 0.2) is 12.1 Å². The number of phenolic OH excluding ortho intramolecular Hbond substituents is 1. The Balaban J connectivity index is 1.60. The summed E-state index contributed by atoms with van der Waals surface area (Å²) < 4.78 is 0. The van der Waals surface area contributed by atoms with Crippen molar-refractivity contribution < 1.29 is 15.0 Å². The number of aliphatic hydroxyl groups is 1. The molecule has 1 saturated carbocycles. The van der Waals surface area contributed by atoms with Gasteiger partial charge in [-0.2, -0.15) is 0 Å². The van der Waals surface area contributed by atoms with Crippen LogP contribution in [-0.4, -0.2) is 40.2 Å². The standard InChI is InChI=1S/C18H24Cl2N2O3/c19-14-8-13(16(24)9-15(14)20)17(21)10-3-5-22(6-4-10)18(25)11-1-2-12(23)7-11/h8-12,17,23-24H,1-7,21H2/t11-,12-,17+/m0/s1. The molecule has 0 bridgehead atoms. The van der Waals surface area contributed by atoms with Gasteiger partial charge in [-0.3, -0.25) is 4.79 Å². The van der Waals surface area contributed by atoms with Crippen LogP contribution in [0.1, 0.15) is 43.7 Å². The van der Waals surface area contributed by atoms with Gasteiger partial charge < -0.3 is 20.8 Å². The first-order valence-electron chi connectivity index (χ1n) is 8.77. The van der Waals surface area contributed by atoms with Crippen molar-refractivity contribution in [1.29, 1.82) is 0 Å². The molecule has 25 heavy (non-hydrogen) atoms. The number of amides is 1. The van der Waals surface area contributed by atoms with E-state index in [1.807, 2.05) is 4.90 Å². The van der Waals surface area contributed by atoms with Gasteiger partial charge in [-0.1, -0.05) is 23.2 Å². The number of hydrogen-bond acceptors (Lipinski definition) is 4. The summed E-state index contributed by atoms with van der Waals surface area (Å²) in [5.74, 6) is 0.335. The number of nitrogens with two attached hydrogens (primary N) is 1. The first kappa shape index (κ1) is 18.8. The molecule has 1 amide bonds. The normalized spacial score (nSPS) is 26.0. The third-order valence-electron chi connectivity index (χ3n) is 5.54. The van der Waals surface area contributed by atoms with E-state index in [1.54, 1.807) is 6.07 Å². The molecule has 1 aromatic rings. The lowest BCUT2D eigenvalue weighted by Crippen LogP contribution is -2.43. The van der Waals surface area contributed by atoms with Gasteiger partial charge in [0.15, 0.2) is 0 Å². The van der Waals surface area contributed by atoms with Crippen LogP contribution in [0, 0.1) is 11.8 Å². The maximum atomic E-state index is 12.5. The Hall–Kier alpha value is -1.01. The van der Waals surface area contributed by atoms with Crippen molar-refractivity contribution in [2.75, 3.05) is 13.1 Å². The summed E-state index contributed by atoms with van der Waals surface area (Å²) >= 11 is 12.0. The quantitative estimate of drug-likeness (QED) is 0.744. The predicted molar refractivity (Wildman–Crippen MR) is 97.7 cm³/mol. The van der Waals surface area contributed by atoms with Crippen molar-refractivity contribution in [3.05, 3.63) is 27.7 Å². The lowest BCUT2D eigenvalue weighted by atomic mass is 9.85. The van der Waals surface area contributed by atoms with E-state index in [-0.39, 0.29) is 35.6 Å². The molecule has 0 spiro atoms. The van der Waals surface area contributed by atoms with E-state index in [0.29, 0.717) is 41.5 Å². The van der Waals surface area contributed by atoms with E-state index in [9.17, 15) is 15.0 Å². The van der Waals surface area contributed by atoms with Gasteiger partial charge in [-0.05, 0) is 44.1 Å². The lowest BCUT2D eigenvalue weighted by molar-refractivity contribution is -0.137. The van der Waals surface area contributed by atoms with Crippen molar-refractivity contribution in [1.82, 2.24) is 4.90 Å². The van der Waals surface area contributed by atoms with Crippen LogP contribution in [0.5, 0.6) is 5.75 Å². The number of benzene rings is 1. The van der Waals surface area contributed by atoms with Gasteiger partial charge >= 0.3 is 0 Å². The molecule has 5 nitrogen and oxygen atoms in total. The maximum absolute atomic E-state index is 12.5. The number of rotatable bonds is 3. The molecular formula is C18H24Cl2N2O3. The highest BCUT2D eigenvalue weighted by Gasteiger charge is 2.34. The smallest absolute Gasteiger partial charge is 0.225 e. The van der Waals surface area contributed by atoms with Gasteiger partial charge in [0.05, 0.1) is 16.1 Å². The second-order valence-electron chi connectivity index (χ2n) is 7.18. The summed E-state index contributed by atoms with van der Waals surface area (Å²) in [5, 5.41) is 20.4. The lowest BCUT2D eigenvalue weighted by Gasteiger charge is -2.36. The number of hydrogen-bond donors (Lipinski definition) is 3. The van der Waals surface area contributed by atoms with Crippen molar-refractivity contribution in [2.45, 2.75) is 44.2 Å². The SMILES string of the molecule is N[C@@H](c1cc(Cl)c(Cl)cc1O)C1CCN(C(=O)[C@H]2CC[C@H](O)C2)CC1. The first-order valence-corrected chi connectivity index (χ1v) is 9.52. The number of aromatic hydroxyl groups is 1. The largest absolute Gasteiger partial charge is 0.508 e. The highest BCUT2D eigenvalue weighted by molar-refractivity contribution is 6.42. The first-order chi connectivity index (χ1) is 11.9. The fourth-order valence-electron chi connectivity index (χ4n) is 3.99. The van der Waals surface area contributed by atoms with Gasteiger partial charge in [0.25, 0.3) is 0 Å². The molecule has 0 unspecified atom stereocenters. The van der Waals surface area contributed by atoms with Gasteiger partial charge in [-0.25, -0.2) is 0 Å². The number of piperidine rings is 1. The topological polar surface area (TPSA) is 86.8 Å². The number of halogens is 2. The molecule has 1 aromatic carbocycles. The molecular weight excluding hydrogens is 363 g/mol. The van der Waals surface area contributed by atoms with Crippen LogP contribution in [0.25, 0.3) is 0 Å². The highest BCUT2D eigenvalue weighted by Crippen LogP contribution is 2.38. The fraction of sp³-hybridized carbons (Fsp3) is 0.611. The maximum Gasteiger partial charge on any atom is 0.225 e. The molecule has 0 aromatic heterocycles. The summed E-state index contributed by atoms with van der Waals surface area (Å²) in [4.78, 5) is 14.4. The van der Waals surface area contributed by atoms with Gasteiger partial charge in [0.1, 0.15) is 5.75 Å². The molecule has 1 heterocycles. The van der Waals surface area contributed by atoms with Crippen molar-refractivity contribution in [3.8, 4) is 5.75 Å². The summed E-state index contributed by atoms with van der Waals surface area (Å²) in [6.07, 6.45) is 3.29. The monoisotopic (exact) mass is 386 g/mol. The molecule has 2 fully saturated rings. The minimum atomic E-state index is -0.347. The number of nitrogens with zero attached hydrogens (tertiary/aromatic N) is 1. The van der Waals surface area contributed by atoms with Gasteiger partial charge in [0, 0.05) is 36.7 Å². The van der Waals surface area contributed by atoms with Crippen molar-refractivity contribution in [3.63, 3.8) is 0 Å². The van der Waals surface area contributed by atoms with E-state index in [2.05, 4.69) is 0 Å². The Morgan fingerprint density at radius 1 is 1.16 bits per heavy atom. The number of carbonyl (C=O) groups excluding carboxylic acids is 1. The second kappa shape index (κ2) is 7.70. The van der Waals surface area contributed by atoms with Crippen LogP contribution < -0.4 is 5.73 Å². The second-order valence-corrected chi connectivity index (χ2v) is 7.99. The summed E-state index contributed by atoms with van der Waals surface area (Å²) in [6.45, 7) is 1.32. The Bertz CT molecular complexity index is 647. The van der Waals surface area contributed by atoms with Gasteiger partial charge in [-0.15, -0.1) is 0 Å². The Kier molecular flexibility index (Phi) is 5.78. The highest BCUT2D eigenvalue weighted by atomic mass is 35.5. The zero-order valence-corrected chi connectivity index (χ0v) is 15.5. The van der Waals surface area contributed by atoms with Crippen LogP contribution in [0.2, 0.25) is 10.0 Å². The van der Waals surface area contributed by atoms with E-state index >= 15 is 0 Å². The predicted octanol–water partition coefficient (Wildman–Crippen LogP) is 3.10. The van der Waals surface area contributed by atoms with E-state index in [4.69, 9.17) is 28.9 Å². The van der Waals surface area contributed by atoms with Crippen LogP contribution >= 0.6 is 23.2 Å². The minimum absolute atomic E-state index is 0.0423. The minimum Gasteiger partial charge on any atom is -0.508 e. The van der Waals surface area contributed by atoms with Gasteiger partial charge in [0.2, 0.25) is 5.91 Å². The molecule has 1 aliphatic heterocycles. The van der Waals surface area contributed by atoms with E-state index < -0.39 is 0 Å². The summed E-state index contributed by atoms with van der Waals surface area (Å²) in [6, 6.07) is 2.70. The van der Waals surface area contributed by atoms with E-state index in [1.165, 1.54) is 6.07 Å². The molecule has 4 N–H and O–H groups in total. The number of carbonyl (C=O) groups is 1. The van der Waals surface area contributed by atoms with E-state index in [0.717, 1.165) is 19.3 Å².